The number of carbonyl (C=O) groups excluding carboxylic acids is 1. The topological polar surface area (TPSA) is 41.1 Å². The van der Waals surface area contributed by atoms with Crippen LogP contribution in [0.15, 0.2) is 0 Å². The summed E-state index contributed by atoms with van der Waals surface area (Å²) in [7, 11) is 0. The lowest BCUT2D eigenvalue weighted by Gasteiger charge is -2.17. The Bertz CT molecular complexity index is 213. The molecule has 0 radical (unpaired) electrons. The molecule has 0 aliphatic carbocycles. The third-order valence-corrected chi connectivity index (χ3v) is 3.38. The summed E-state index contributed by atoms with van der Waals surface area (Å²) in [6, 6.07) is 0.756. The van der Waals surface area contributed by atoms with Gasteiger partial charge in [-0.25, -0.2) is 0 Å². The fraction of sp³-hybridized carbons (Fsp3) is 0.933. The Kier molecular flexibility index (Phi) is 10.0. The van der Waals surface area contributed by atoms with E-state index in [-0.39, 0.29) is 5.91 Å². The summed E-state index contributed by atoms with van der Waals surface area (Å²) in [5.74, 6) is 0.898. The smallest absolute Gasteiger partial charge is 0.234 e. The van der Waals surface area contributed by atoms with Gasteiger partial charge in [-0.15, -0.1) is 0 Å². The molecule has 2 N–H and O–H groups in total. The Morgan fingerprint density at radius 2 is 1.67 bits per heavy atom. The molecule has 3 heteroatoms. The molecule has 0 saturated carbocycles. The molecule has 0 aromatic heterocycles. The quantitative estimate of drug-likeness (QED) is 0.630. The van der Waals surface area contributed by atoms with Gasteiger partial charge in [0, 0.05) is 12.1 Å². The van der Waals surface area contributed by atoms with E-state index in [2.05, 4.69) is 45.3 Å². The summed E-state index contributed by atoms with van der Waals surface area (Å²) in [5.41, 5.74) is 0. The minimum Gasteiger partial charge on any atom is -0.352 e. The third-order valence-electron chi connectivity index (χ3n) is 3.38. The number of hydrogen-bond donors (Lipinski definition) is 2. The van der Waals surface area contributed by atoms with Crippen molar-refractivity contribution in [2.75, 3.05) is 6.54 Å². The highest BCUT2D eigenvalue weighted by Crippen LogP contribution is 2.07. The maximum Gasteiger partial charge on any atom is 0.234 e. The lowest BCUT2D eigenvalue weighted by Crippen LogP contribution is -2.42. The average Bonchev–Trinajstić information content (AvgIpc) is 2.33. The SMILES string of the molecule is CCC(CC)NC(=O)CNC(C)CCCC(C)C. The van der Waals surface area contributed by atoms with Crippen LogP contribution in [0.25, 0.3) is 0 Å². The molecule has 0 rings (SSSR count). The first kappa shape index (κ1) is 17.4. The summed E-state index contributed by atoms with van der Waals surface area (Å²) in [5, 5.41) is 6.34. The Labute approximate surface area is 113 Å². The van der Waals surface area contributed by atoms with Crippen molar-refractivity contribution in [2.24, 2.45) is 5.92 Å². The van der Waals surface area contributed by atoms with Crippen molar-refractivity contribution in [1.82, 2.24) is 10.6 Å². The molecule has 0 heterocycles. The van der Waals surface area contributed by atoms with Crippen LogP contribution < -0.4 is 10.6 Å². The van der Waals surface area contributed by atoms with Gasteiger partial charge in [0.15, 0.2) is 0 Å². The lowest BCUT2D eigenvalue weighted by molar-refractivity contribution is -0.121. The van der Waals surface area contributed by atoms with Crippen molar-refractivity contribution in [3.8, 4) is 0 Å². The van der Waals surface area contributed by atoms with E-state index >= 15 is 0 Å². The third kappa shape index (κ3) is 9.46. The van der Waals surface area contributed by atoms with Crippen LogP contribution in [0, 0.1) is 5.92 Å². The first-order valence-electron chi connectivity index (χ1n) is 7.52. The molecule has 0 aliphatic rings. The molecule has 1 amide bonds. The van der Waals surface area contributed by atoms with Gasteiger partial charge in [0.1, 0.15) is 0 Å². The van der Waals surface area contributed by atoms with Gasteiger partial charge in [-0.05, 0) is 32.1 Å². The average molecular weight is 256 g/mol. The van der Waals surface area contributed by atoms with Crippen LogP contribution in [0.5, 0.6) is 0 Å². The van der Waals surface area contributed by atoms with Gasteiger partial charge in [-0.3, -0.25) is 4.79 Å². The predicted molar refractivity (Wildman–Crippen MR) is 78.7 cm³/mol. The van der Waals surface area contributed by atoms with Crippen LogP contribution in [0.1, 0.15) is 66.7 Å². The molecule has 0 bridgehead atoms. The molecular formula is C15H32N2O. The maximum atomic E-state index is 11.7. The van der Waals surface area contributed by atoms with Crippen LogP contribution in [0.4, 0.5) is 0 Å². The Hall–Kier alpha value is -0.570. The maximum absolute atomic E-state index is 11.7. The fourth-order valence-electron chi connectivity index (χ4n) is 1.97. The first-order valence-corrected chi connectivity index (χ1v) is 7.52. The predicted octanol–water partition coefficient (Wildman–Crippen LogP) is 3.10. The zero-order chi connectivity index (χ0) is 14.0. The van der Waals surface area contributed by atoms with E-state index in [4.69, 9.17) is 0 Å². The van der Waals surface area contributed by atoms with Gasteiger partial charge in [0.2, 0.25) is 5.91 Å². The fourth-order valence-corrected chi connectivity index (χ4v) is 1.97. The van der Waals surface area contributed by atoms with Crippen molar-refractivity contribution < 1.29 is 4.79 Å². The molecule has 1 unspecified atom stereocenters. The molecule has 0 spiro atoms. The monoisotopic (exact) mass is 256 g/mol. The summed E-state index contributed by atoms with van der Waals surface area (Å²) < 4.78 is 0. The molecule has 0 aliphatic heterocycles. The zero-order valence-electron chi connectivity index (χ0n) is 12.9. The van der Waals surface area contributed by atoms with Crippen molar-refractivity contribution in [3.63, 3.8) is 0 Å². The highest BCUT2D eigenvalue weighted by molar-refractivity contribution is 5.78. The molecule has 0 aromatic rings. The number of hydrogen-bond acceptors (Lipinski definition) is 2. The van der Waals surface area contributed by atoms with E-state index < -0.39 is 0 Å². The number of amides is 1. The van der Waals surface area contributed by atoms with Crippen molar-refractivity contribution in [2.45, 2.75) is 78.8 Å². The molecule has 0 saturated heterocycles. The van der Waals surface area contributed by atoms with Crippen molar-refractivity contribution in [3.05, 3.63) is 0 Å². The van der Waals surface area contributed by atoms with Crippen LogP contribution in [0.3, 0.4) is 0 Å². The van der Waals surface area contributed by atoms with E-state index in [1.54, 1.807) is 0 Å². The Balaban J connectivity index is 3.64. The molecule has 108 valence electrons. The minimum atomic E-state index is 0.124. The van der Waals surface area contributed by atoms with E-state index in [9.17, 15) is 4.79 Å². The van der Waals surface area contributed by atoms with Gasteiger partial charge < -0.3 is 10.6 Å². The summed E-state index contributed by atoms with van der Waals surface area (Å²) in [6.07, 6.45) is 5.67. The summed E-state index contributed by atoms with van der Waals surface area (Å²) in [4.78, 5) is 11.7. The first-order chi connectivity index (χ1) is 8.49. The second-order valence-electron chi connectivity index (χ2n) is 5.69. The minimum absolute atomic E-state index is 0.124. The highest BCUT2D eigenvalue weighted by Gasteiger charge is 2.09. The normalized spacial score (nSPS) is 13.1. The summed E-state index contributed by atoms with van der Waals surface area (Å²) in [6.45, 7) is 11.3. The Morgan fingerprint density at radius 3 is 2.17 bits per heavy atom. The van der Waals surface area contributed by atoms with Gasteiger partial charge in [0.25, 0.3) is 0 Å². The van der Waals surface area contributed by atoms with Crippen LogP contribution in [-0.2, 0) is 4.79 Å². The van der Waals surface area contributed by atoms with Crippen LogP contribution >= 0.6 is 0 Å². The lowest BCUT2D eigenvalue weighted by atomic mass is 10.0. The van der Waals surface area contributed by atoms with E-state index in [1.165, 1.54) is 12.8 Å². The van der Waals surface area contributed by atoms with Gasteiger partial charge in [-0.1, -0.05) is 40.5 Å². The number of carbonyl (C=O) groups is 1. The second kappa shape index (κ2) is 10.4. The zero-order valence-corrected chi connectivity index (χ0v) is 12.9. The number of nitrogens with one attached hydrogen (secondary N) is 2. The van der Waals surface area contributed by atoms with E-state index in [1.807, 2.05) is 0 Å². The highest BCUT2D eigenvalue weighted by atomic mass is 16.1. The molecule has 3 nitrogen and oxygen atoms in total. The Morgan fingerprint density at radius 1 is 1.06 bits per heavy atom. The molecule has 0 fully saturated rings. The van der Waals surface area contributed by atoms with Gasteiger partial charge in [0.05, 0.1) is 6.54 Å². The van der Waals surface area contributed by atoms with Crippen molar-refractivity contribution >= 4 is 5.91 Å². The molecule has 0 aromatic carbocycles. The largest absolute Gasteiger partial charge is 0.352 e. The number of rotatable bonds is 10. The van der Waals surface area contributed by atoms with Crippen LogP contribution in [0.2, 0.25) is 0 Å². The van der Waals surface area contributed by atoms with Crippen molar-refractivity contribution in [1.29, 1.82) is 0 Å². The molecule has 1 atom stereocenters. The van der Waals surface area contributed by atoms with Crippen LogP contribution in [-0.4, -0.2) is 24.5 Å². The summed E-state index contributed by atoms with van der Waals surface area (Å²) >= 11 is 0. The molecular weight excluding hydrogens is 224 g/mol. The van der Waals surface area contributed by atoms with E-state index in [0.29, 0.717) is 18.6 Å². The molecule has 18 heavy (non-hydrogen) atoms. The second-order valence-corrected chi connectivity index (χ2v) is 5.69. The van der Waals surface area contributed by atoms with Gasteiger partial charge >= 0.3 is 0 Å². The van der Waals surface area contributed by atoms with E-state index in [0.717, 1.165) is 25.2 Å². The van der Waals surface area contributed by atoms with Gasteiger partial charge in [-0.2, -0.15) is 0 Å². The standard InChI is InChI=1S/C15H32N2O/c1-6-14(7-2)17-15(18)11-16-13(5)10-8-9-12(3)4/h12-14,16H,6-11H2,1-5H3,(H,17,18).